The average Bonchev–Trinajstić information content (AvgIpc) is 3.15. The first-order valence-corrected chi connectivity index (χ1v) is 11.9. The number of H-pyrrole nitrogens is 1. The zero-order chi connectivity index (χ0) is 22.9. The van der Waals surface area contributed by atoms with Crippen LogP contribution in [0.5, 0.6) is 0 Å². The highest BCUT2D eigenvalue weighted by molar-refractivity contribution is 7.89. The second-order valence-corrected chi connectivity index (χ2v) is 9.70. The molecular formula is C23H25N3O5S. The second kappa shape index (κ2) is 8.76. The maximum atomic E-state index is 12.9. The minimum Gasteiger partial charge on any atom is -0.449 e. The van der Waals surface area contributed by atoms with Crippen molar-refractivity contribution in [2.75, 3.05) is 26.2 Å². The first-order chi connectivity index (χ1) is 15.3. The molecule has 0 bridgehead atoms. The Morgan fingerprint density at radius 1 is 0.969 bits per heavy atom. The fourth-order valence-electron chi connectivity index (χ4n) is 3.96. The predicted octanol–water partition coefficient (Wildman–Crippen LogP) is 2.55. The number of benzene rings is 2. The Bertz CT molecular complexity index is 1250. The van der Waals surface area contributed by atoms with Gasteiger partial charge in [0.15, 0.2) is 6.10 Å². The van der Waals surface area contributed by atoms with Crippen LogP contribution in [0.25, 0.3) is 10.9 Å². The Kier molecular flexibility index (Phi) is 6.03. The number of aromatic nitrogens is 1. The van der Waals surface area contributed by atoms with E-state index in [0.29, 0.717) is 11.3 Å². The lowest BCUT2D eigenvalue weighted by molar-refractivity contribution is -0.141. The number of piperazine rings is 1. The van der Waals surface area contributed by atoms with Crippen LogP contribution in [0.3, 0.4) is 0 Å². The van der Waals surface area contributed by atoms with E-state index in [1.165, 1.54) is 16.1 Å². The lowest BCUT2D eigenvalue weighted by Crippen LogP contribution is -2.52. The fourth-order valence-corrected chi connectivity index (χ4v) is 5.40. The summed E-state index contributed by atoms with van der Waals surface area (Å²) in [7, 11) is -3.60. The van der Waals surface area contributed by atoms with E-state index in [0.717, 1.165) is 10.9 Å². The van der Waals surface area contributed by atoms with Gasteiger partial charge in [0.2, 0.25) is 10.0 Å². The molecule has 1 saturated heterocycles. The van der Waals surface area contributed by atoms with Crippen LogP contribution < -0.4 is 0 Å². The Hall–Kier alpha value is -3.17. The maximum absolute atomic E-state index is 12.9. The van der Waals surface area contributed by atoms with Crippen molar-refractivity contribution in [1.82, 2.24) is 14.2 Å². The fraction of sp³-hybridized carbons (Fsp3) is 0.304. The number of rotatable bonds is 5. The number of amides is 1. The molecule has 1 fully saturated rings. The molecule has 2 aromatic carbocycles. The number of ether oxygens (including phenoxy) is 1. The van der Waals surface area contributed by atoms with E-state index in [-0.39, 0.29) is 37.0 Å². The summed E-state index contributed by atoms with van der Waals surface area (Å²) in [4.78, 5) is 30.5. The predicted molar refractivity (Wildman–Crippen MR) is 120 cm³/mol. The van der Waals surface area contributed by atoms with Crippen molar-refractivity contribution < 1.29 is 22.7 Å². The molecule has 9 heteroatoms. The summed E-state index contributed by atoms with van der Waals surface area (Å²) in [5.74, 6) is -0.904. The van der Waals surface area contributed by atoms with Crippen molar-refractivity contribution in [3.63, 3.8) is 0 Å². The summed E-state index contributed by atoms with van der Waals surface area (Å²) in [6.45, 7) is 4.17. The van der Waals surface area contributed by atoms with Gasteiger partial charge in [-0.05, 0) is 32.0 Å². The highest BCUT2D eigenvalue weighted by Crippen LogP contribution is 2.23. The molecule has 1 aliphatic rings. The molecule has 1 atom stereocenters. The molecule has 168 valence electrons. The molecular weight excluding hydrogens is 430 g/mol. The summed E-state index contributed by atoms with van der Waals surface area (Å²) in [5.41, 5.74) is 1.92. The number of fused-ring (bicyclic) bond motifs is 1. The van der Waals surface area contributed by atoms with Gasteiger partial charge in [-0.3, -0.25) is 4.79 Å². The number of aromatic amines is 1. The van der Waals surface area contributed by atoms with Crippen LogP contribution >= 0.6 is 0 Å². The van der Waals surface area contributed by atoms with Gasteiger partial charge >= 0.3 is 5.97 Å². The number of para-hydroxylation sites is 1. The molecule has 0 aliphatic carbocycles. The van der Waals surface area contributed by atoms with Crippen molar-refractivity contribution in [3.8, 4) is 0 Å². The molecule has 4 rings (SSSR count). The van der Waals surface area contributed by atoms with Crippen molar-refractivity contribution in [2.45, 2.75) is 24.8 Å². The summed E-state index contributed by atoms with van der Waals surface area (Å²) >= 11 is 0. The van der Waals surface area contributed by atoms with Crippen LogP contribution in [-0.2, 0) is 19.6 Å². The number of hydrogen-bond donors (Lipinski definition) is 1. The zero-order valence-electron chi connectivity index (χ0n) is 17.9. The zero-order valence-corrected chi connectivity index (χ0v) is 18.8. The number of carbonyl (C=O) groups is 2. The van der Waals surface area contributed by atoms with Crippen LogP contribution in [0.4, 0.5) is 0 Å². The van der Waals surface area contributed by atoms with Crippen molar-refractivity contribution >= 4 is 32.8 Å². The molecule has 0 spiro atoms. The van der Waals surface area contributed by atoms with Gasteiger partial charge in [-0.2, -0.15) is 4.31 Å². The minimum absolute atomic E-state index is 0.186. The summed E-state index contributed by atoms with van der Waals surface area (Å²) < 4.78 is 32.4. The Labute approximate surface area is 186 Å². The van der Waals surface area contributed by atoms with Crippen LogP contribution in [0.2, 0.25) is 0 Å². The van der Waals surface area contributed by atoms with Gasteiger partial charge in [-0.15, -0.1) is 0 Å². The van der Waals surface area contributed by atoms with Gasteiger partial charge in [0.05, 0.1) is 10.5 Å². The molecule has 8 nitrogen and oxygen atoms in total. The minimum atomic E-state index is -3.60. The van der Waals surface area contributed by atoms with Gasteiger partial charge in [-0.1, -0.05) is 36.4 Å². The van der Waals surface area contributed by atoms with Gasteiger partial charge in [-0.25, -0.2) is 13.2 Å². The third-order valence-electron chi connectivity index (χ3n) is 5.66. The van der Waals surface area contributed by atoms with E-state index in [9.17, 15) is 18.0 Å². The molecule has 0 radical (unpaired) electrons. The van der Waals surface area contributed by atoms with E-state index >= 15 is 0 Å². The van der Waals surface area contributed by atoms with Crippen LogP contribution in [-0.4, -0.2) is 66.8 Å². The standard InChI is InChI=1S/C23H25N3O5S/c1-16-21(19-10-6-7-11-20(19)24-16)23(28)31-17(2)22(27)25-12-14-26(15-13-25)32(29,30)18-8-4-3-5-9-18/h3-11,17,24H,12-15H2,1-2H3. The number of nitrogens with one attached hydrogen (secondary N) is 1. The number of carbonyl (C=O) groups excluding carboxylic acids is 2. The molecule has 32 heavy (non-hydrogen) atoms. The van der Waals surface area contributed by atoms with E-state index < -0.39 is 22.1 Å². The van der Waals surface area contributed by atoms with Crippen LogP contribution in [0.1, 0.15) is 23.0 Å². The maximum Gasteiger partial charge on any atom is 0.341 e. The Balaban J connectivity index is 1.39. The largest absolute Gasteiger partial charge is 0.449 e. The van der Waals surface area contributed by atoms with Crippen molar-refractivity contribution in [2.24, 2.45) is 0 Å². The highest BCUT2D eigenvalue weighted by Gasteiger charge is 2.33. The number of nitrogens with zero attached hydrogens (tertiary/aromatic N) is 2. The van der Waals surface area contributed by atoms with E-state index in [1.54, 1.807) is 37.3 Å². The highest BCUT2D eigenvalue weighted by atomic mass is 32.2. The smallest absolute Gasteiger partial charge is 0.341 e. The number of aryl methyl sites for hydroxylation is 1. The van der Waals surface area contributed by atoms with Gasteiger partial charge in [0, 0.05) is 42.8 Å². The monoisotopic (exact) mass is 455 g/mol. The van der Waals surface area contributed by atoms with Gasteiger partial charge in [0.1, 0.15) is 0 Å². The van der Waals surface area contributed by atoms with E-state index in [1.807, 2.05) is 24.3 Å². The summed E-state index contributed by atoms with van der Waals surface area (Å²) in [5, 5.41) is 0.745. The summed E-state index contributed by atoms with van der Waals surface area (Å²) in [6, 6.07) is 15.6. The molecule has 2 heterocycles. The van der Waals surface area contributed by atoms with E-state index in [2.05, 4.69) is 4.98 Å². The lowest BCUT2D eigenvalue weighted by Gasteiger charge is -2.35. The topological polar surface area (TPSA) is 99.8 Å². The Morgan fingerprint density at radius 3 is 2.28 bits per heavy atom. The molecule has 0 saturated carbocycles. The van der Waals surface area contributed by atoms with E-state index in [4.69, 9.17) is 4.74 Å². The van der Waals surface area contributed by atoms with Crippen LogP contribution in [0, 0.1) is 6.92 Å². The van der Waals surface area contributed by atoms with Crippen molar-refractivity contribution in [1.29, 1.82) is 0 Å². The Morgan fingerprint density at radius 2 is 1.59 bits per heavy atom. The first kappa shape index (κ1) is 22.0. The molecule has 1 amide bonds. The number of hydrogen-bond acceptors (Lipinski definition) is 5. The summed E-state index contributed by atoms with van der Waals surface area (Å²) in [6.07, 6.45) is -0.979. The molecule has 1 N–H and O–H groups in total. The molecule has 1 aromatic heterocycles. The normalized spacial score (nSPS) is 16.1. The third kappa shape index (κ3) is 4.13. The van der Waals surface area contributed by atoms with Gasteiger partial charge in [0.25, 0.3) is 5.91 Å². The molecule has 1 aliphatic heterocycles. The first-order valence-electron chi connectivity index (χ1n) is 10.4. The van der Waals surface area contributed by atoms with Gasteiger partial charge < -0.3 is 14.6 Å². The number of sulfonamides is 1. The molecule has 3 aromatic rings. The SMILES string of the molecule is Cc1[nH]c2ccccc2c1C(=O)OC(C)C(=O)N1CCN(S(=O)(=O)c2ccccc2)CC1. The van der Waals surface area contributed by atoms with Crippen molar-refractivity contribution in [3.05, 3.63) is 65.9 Å². The number of esters is 1. The third-order valence-corrected chi connectivity index (χ3v) is 7.57. The lowest BCUT2D eigenvalue weighted by atomic mass is 10.1. The van der Waals surface area contributed by atoms with Crippen LogP contribution in [0.15, 0.2) is 59.5 Å². The second-order valence-electron chi connectivity index (χ2n) is 7.76. The molecule has 1 unspecified atom stereocenters. The average molecular weight is 456 g/mol. The quantitative estimate of drug-likeness (QED) is 0.596.